The molecule has 4 heteroatoms. The van der Waals surface area contributed by atoms with Crippen molar-refractivity contribution in [1.29, 1.82) is 0 Å². The van der Waals surface area contributed by atoms with Gasteiger partial charge in [-0.3, -0.25) is 9.78 Å². The van der Waals surface area contributed by atoms with E-state index in [4.69, 9.17) is 5.73 Å². The second kappa shape index (κ2) is 4.82. The Labute approximate surface area is 111 Å². The van der Waals surface area contributed by atoms with Crippen LogP contribution < -0.4 is 10.6 Å². The van der Waals surface area contributed by atoms with Crippen LogP contribution >= 0.6 is 0 Å². The highest BCUT2D eigenvalue weighted by Crippen LogP contribution is 2.27. The Balaban J connectivity index is 1.99. The van der Waals surface area contributed by atoms with Gasteiger partial charge in [-0.1, -0.05) is 18.2 Å². The van der Waals surface area contributed by atoms with Crippen LogP contribution in [0.1, 0.15) is 15.9 Å². The topological polar surface area (TPSA) is 59.2 Å². The maximum absolute atomic E-state index is 12.6. The number of hydrogen-bond acceptors (Lipinski definition) is 3. The van der Waals surface area contributed by atoms with E-state index in [1.54, 1.807) is 29.4 Å². The van der Waals surface area contributed by atoms with Crippen LogP contribution in [-0.4, -0.2) is 23.5 Å². The van der Waals surface area contributed by atoms with Crippen molar-refractivity contribution in [3.8, 4) is 0 Å². The fourth-order valence-electron chi connectivity index (χ4n) is 2.47. The van der Waals surface area contributed by atoms with Gasteiger partial charge in [0.15, 0.2) is 0 Å². The van der Waals surface area contributed by atoms with E-state index in [9.17, 15) is 4.79 Å². The van der Waals surface area contributed by atoms with Crippen LogP contribution in [0.25, 0.3) is 0 Å². The molecule has 19 heavy (non-hydrogen) atoms. The van der Waals surface area contributed by atoms with Crippen LogP contribution in [0.15, 0.2) is 48.8 Å². The van der Waals surface area contributed by atoms with Crippen LogP contribution in [0.5, 0.6) is 0 Å². The van der Waals surface area contributed by atoms with E-state index in [1.807, 2.05) is 24.3 Å². The lowest BCUT2D eigenvalue weighted by molar-refractivity contribution is 0.0983. The molecule has 0 saturated heterocycles. The molecule has 2 N–H and O–H groups in total. The third kappa shape index (κ3) is 2.22. The summed E-state index contributed by atoms with van der Waals surface area (Å²) in [5.41, 5.74) is 8.78. The number of benzene rings is 1. The van der Waals surface area contributed by atoms with Crippen molar-refractivity contribution in [3.63, 3.8) is 0 Å². The Kier molecular flexibility index (Phi) is 3.01. The molecule has 0 radical (unpaired) electrons. The van der Waals surface area contributed by atoms with Crippen molar-refractivity contribution in [2.45, 2.75) is 12.5 Å². The van der Waals surface area contributed by atoms with Crippen LogP contribution in [0.3, 0.4) is 0 Å². The highest BCUT2D eigenvalue weighted by atomic mass is 16.2. The molecule has 1 amide bonds. The normalized spacial score (nSPS) is 17.9. The fraction of sp³-hybridized carbons (Fsp3) is 0.200. The van der Waals surface area contributed by atoms with E-state index in [-0.39, 0.29) is 11.9 Å². The molecular formula is C15H15N3O. The Morgan fingerprint density at radius 1 is 1.21 bits per heavy atom. The zero-order chi connectivity index (χ0) is 13.2. The third-order valence-corrected chi connectivity index (χ3v) is 3.35. The number of hydrogen-bond donors (Lipinski definition) is 1. The Bertz CT molecular complexity index is 597. The number of para-hydroxylation sites is 1. The molecule has 1 aliphatic rings. The van der Waals surface area contributed by atoms with E-state index in [1.165, 1.54) is 0 Å². The highest BCUT2D eigenvalue weighted by Gasteiger charge is 2.26. The standard InChI is InChI=1S/C15H15N3O/c16-13-9-12-3-1-2-4-14(12)18(10-13)15(19)11-5-7-17-8-6-11/h1-8,13H,9-10,16H2. The minimum absolute atomic E-state index is 0.0133. The zero-order valence-corrected chi connectivity index (χ0v) is 10.5. The summed E-state index contributed by atoms with van der Waals surface area (Å²) in [6, 6.07) is 11.4. The molecule has 0 saturated carbocycles. The molecule has 4 nitrogen and oxygen atoms in total. The lowest BCUT2D eigenvalue weighted by Gasteiger charge is -2.33. The van der Waals surface area contributed by atoms with Crippen molar-refractivity contribution < 1.29 is 4.79 Å². The molecular weight excluding hydrogens is 238 g/mol. The van der Waals surface area contributed by atoms with Crippen molar-refractivity contribution in [2.24, 2.45) is 5.73 Å². The predicted octanol–water partition coefficient (Wildman–Crippen LogP) is 1.61. The third-order valence-electron chi connectivity index (χ3n) is 3.35. The number of rotatable bonds is 1. The molecule has 0 bridgehead atoms. The molecule has 0 spiro atoms. The van der Waals surface area contributed by atoms with Crippen molar-refractivity contribution in [1.82, 2.24) is 4.98 Å². The van der Waals surface area contributed by atoms with Gasteiger partial charge in [0.1, 0.15) is 0 Å². The van der Waals surface area contributed by atoms with Gasteiger partial charge in [0.25, 0.3) is 5.91 Å². The summed E-state index contributed by atoms with van der Waals surface area (Å²) >= 11 is 0. The van der Waals surface area contributed by atoms with Crippen molar-refractivity contribution in [2.75, 3.05) is 11.4 Å². The van der Waals surface area contributed by atoms with Gasteiger partial charge in [-0.25, -0.2) is 0 Å². The van der Waals surface area contributed by atoms with E-state index in [0.29, 0.717) is 12.1 Å². The monoisotopic (exact) mass is 253 g/mol. The first-order valence-electron chi connectivity index (χ1n) is 6.31. The number of amides is 1. The van der Waals surface area contributed by atoms with Crippen molar-refractivity contribution in [3.05, 3.63) is 59.9 Å². The van der Waals surface area contributed by atoms with E-state index < -0.39 is 0 Å². The van der Waals surface area contributed by atoms with Crippen LogP contribution in [0.4, 0.5) is 5.69 Å². The summed E-state index contributed by atoms with van der Waals surface area (Å²) in [6.45, 7) is 0.554. The van der Waals surface area contributed by atoms with E-state index in [2.05, 4.69) is 4.98 Å². The molecule has 1 atom stereocenters. The molecule has 96 valence electrons. The Hall–Kier alpha value is -2.20. The average molecular weight is 253 g/mol. The Morgan fingerprint density at radius 3 is 2.74 bits per heavy atom. The van der Waals surface area contributed by atoms with Crippen LogP contribution in [-0.2, 0) is 6.42 Å². The van der Waals surface area contributed by atoms with Crippen LogP contribution in [0.2, 0.25) is 0 Å². The number of pyridine rings is 1. The summed E-state index contributed by atoms with van der Waals surface area (Å²) in [7, 11) is 0. The van der Waals surface area contributed by atoms with Gasteiger partial charge in [-0.05, 0) is 30.2 Å². The molecule has 3 rings (SSSR count). The van der Waals surface area contributed by atoms with Gasteiger partial charge in [-0.2, -0.15) is 0 Å². The second-order valence-electron chi connectivity index (χ2n) is 4.74. The lowest BCUT2D eigenvalue weighted by Crippen LogP contribution is -2.46. The van der Waals surface area contributed by atoms with Gasteiger partial charge in [-0.15, -0.1) is 0 Å². The summed E-state index contributed by atoms with van der Waals surface area (Å²) in [5.74, 6) is -0.0231. The molecule has 0 fully saturated rings. The largest absolute Gasteiger partial charge is 0.326 e. The number of aromatic nitrogens is 1. The minimum atomic E-state index is -0.0231. The number of fused-ring (bicyclic) bond motifs is 1. The van der Waals surface area contributed by atoms with Crippen LogP contribution in [0, 0.1) is 0 Å². The SMILES string of the molecule is NC1Cc2ccccc2N(C(=O)c2ccncc2)C1. The fourth-order valence-corrected chi connectivity index (χ4v) is 2.47. The first-order valence-corrected chi connectivity index (χ1v) is 6.31. The number of nitrogens with zero attached hydrogens (tertiary/aromatic N) is 2. The number of carbonyl (C=O) groups is 1. The summed E-state index contributed by atoms with van der Waals surface area (Å²) in [6.07, 6.45) is 4.07. The molecule has 1 unspecified atom stereocenters. The molecule has 1 aliphatic heterocycles. The number of anilines is 1. The minimum Gasteiger partial charge on any atom is -0.326 e. The van der Waals surface area contributed by atoms with Gasteiger partial charge in [0.2, 0.25) is 0 Å². The zero-order valence-electron chi connectivity index (χ0n) is 10.5. The van der Waals surface area contributed by atoms with Gasteiger partial charge < -0.3 is 10.6 Å². The van der Waals surface area contributed by atoms with Gasteiger partial charge in [0.05, 0.1) is 0 Å². The molecule has 1 aromatic carbocycles. The summed E-state index contributed by atoms with van der Waals surface area (Å²) in [5, 5.41) is 0. The summed E-state index contributed by atoms with van der Waals surface area (Å²) in [4.78, 5) is 18.3. The summed E-state index contributed by atoms with van der Waals surface area (Å²) < 4.78 is 0. The molecule has 0 aliphatic carbocycles. The van der Waals surface area contributed by atoms with E-state index >= 15 is 0 Å². The molecule has 2 aromatic rings. The average Bonchev–Trinajstić information content (AvgIpc) is 2.46. The van der Waals surface area contributed by atoms with E-state index in [0.717, 1.165) is 17.7 Å². The number of nitrogens with two attached hydrogens (primary N) is 1. The number of carbonyl (C=O) groups excluding carboxylic acids is 1. The smallest absolute Gasteiger partial charge is 0.258 e. The quantitative estimate of drug-likeness (QED) is 0.840. The lowest BCUT2D eigenvalue weighted by atomic mass is 9.98. The second-order valence-corrected chi connectivity index (χ2v) is 4.74. The first kappa shape index (κ1) is 11.9. The molecule has 2 heterocycles. The molecule has 1 aromatic heterocycles. The maximum atomic E-state index is 12.6. The van der Waals surface area contributed by atoms with Gasteiger partial charge in [0, 0.05) is 36.2 Å². The van der Waals surface area contributed by atoms with Crippen molar-refractivity contribution >= 4 is 11.6 Å². The van der Waals surface area contributed by atoms with Gasteiger partial charge >= 0.3 is 0 Å². The Morgan fingerprint density at radius 2 is 1.95 bits per heavy atom. The maximum Gasteiger partial charge on any atom is 0.258 e. The highest BCUT2D eigenvalue weighted by molar-refractivity contribution is 6.06. The first-order chi connectivity index (χ1) is 9.25. The predicted molar refractivity (Wildman–Crippen MR) is 74.0 cm³/mol.